The van der Waals surface area contributed by atoms with Gasteiger partial charge in [0.15, 0.2) is 0 Å². The number of hydrogen-bond acceptors (Lipinski definition) is 2. The Bertz CT molecular complexity index is 86.4. The Kier molecular flexibility index (Phi) is 1.84. The van der Waals surface area contributed by atoms with E-state index in [1.54, 1.807) is 0 Å². The number of rotatable bonds is 0. The van der Waals surface area contributed by atoms with Crippen LogP contribution in [0.25, 0.3) is 0 Å². The molecule has 0 aliphatic carbocycles. The maximum atomic E-state index is 9.87. The SMILES string of the molecule is CC(=O)[N]C(=N)N. The Morgan fingerprint density at radius 3 is 2.29 bits per heavy atom. The van der Waals surface area contributed by atoms with Crippen LogP contribution in [0.1, 0.15) is 6.92 Å². The van der Waals surface area contributed by atoms with Gasteiger partial charge in [-0.15, -0.1) is 0 Å². The molecule has 4 heteroatoms. The minimum atomic E-state index is -0.437. The molecular weight excluding hydrogens is 94.1 g/mol. The highest BCUT2D eigenvalue weighted by atomic mass is 16.1. The first-order valence-electron chi connectivity index (χ1n) is 1.69. The van der Waals surface area contributed by atoms with Crippen LogP contribution in [0.15, 0.2) is 0 Å². The number of amides is 1. The van der Waals surface area contributed by atoms with E-state index in [0.29, 0.717) is 0 Å². The van der Waals surface area contributed by atoms with Crippen molar-refractivity contribution in [2.45, 2.75) is 6.92 Å². The summed E-state index contributed by atoms with van der Waals surface area (Å²) in [6.45, 7) is 1.24. The van der Waals surface area contributed by atoms with E-state index in [9.17, 15) is 4.79 Å². The lowest BCUT2D eigenvalue weighted by atomic mass is 10.7. The summed E-state index contributed by atoms with van der Waals surface area (Å²) in [5.74, 6) is -0.875. The van der Waals surface area contributed by atoms with E-state index < -0.39 is 11.9 Å². The van der Waals surface area contributed by atoms with Gasteiger partial charge in [-0.05, 0) is 0 Å². The molecule has 0 atom stereocenters. The first-order valence-corrected chi connectivity index (χ1v) is 1.69. The van der Waals surface area contributed by atoms with Crippen LogP contribution in [0.4, 0.5) is 0 Å². The average molecular weight is 100 g/mol. The summed E-state index contributed by atoms with van der Waals surface area (Å²) in [5, 5.41) is 9.41. The highest BCUT2D eigenvalue weighted by Crippen LogP contribution is 1.57. The average Bonchev–Trinajstić information content (AvgIpc) is 1.27. The summed E-state index contributed by atoms with van der Waals surface area (Å²) in [7, 11) is 0. The summed E-state index contributed by atoms with van der Waals surface area (Å²) in [6, 6.07) is 0. The van der Waals surface area contributed by atoms with Gasteiger partial charge in [-0.25, -0.2) is 0 Å². The zero-order valence-corrected chi connectivity index (χ0v) is 3.93. The molecule has 0 fully saturated rings. The minimum Gasteiger partial charge on any atom is -0.368 e. The van der Waals surface area contributed by atoms with E-state index in [2.05, 4.69) is 11.1 Å². The molecule has 7 heavy (non-hydrogen) atoms. The molecule has 0 aromatic heterocycles. The summed E-state index contributed by atoms with van der Waals surface area (Å²) in [6.07, 6.45) is 0. The van der Waals surface area contributed by atoms with E-state index in [1.807, 2.05) is 0 Å². The van der Waals surface area contributed by atoms with Gasteiger partial charge < -0.3 is 5.73 Å². The lowest BCUT2D eigenvalue weighted by molar-refractivity contribution is -0.117. The maximum absolute atomic E-state index is 9.87. The van der Waals surface area contributed by atoms with Crippen molar-refractivity contribution in [2.24, 2.45) is 5.73 Å². The number of carbonyl (C=O) groups excluding carboxylic acids is 1. The van der Waals surface area contributed by atoms with Crippen LogP contribution in [-0.2, 0) is 4.79 Å². The second kappa shape index (κ2) is 2.17. The predicted octanol–water partition coefficient (Wildman–Crippen LogP) is -0.969. The van der Waals surface area contributed by atoms with E-state index in [0.717, 1.165) is 0 Å². The van der Waals surface area contributed by atoms with Gasteiger partial charge in [-0.2, -0.15) is 5.32 Å². The third-order valence-electron chi connectivity index (χ3n) is 0.278. The van der Waals surface area contributed by atoms with Crippen LogP contribution in [0.3, 0.4) is 0 Å². The molecule has 0 heterocycles. The van der Waals surface area contributed by atoms with Gasteiger partial charge in [0.25, 0.3) is 0 Å². The van der Waals surface area contributed by atoms with Gasteiger partial charge in [0, 0.05) is 6.92 Å². The molecule has 0 aliphatic rings. The summed E-state index contributed by atoms with van der Waals surface area (Å²) in [5.41, 5.74) is 4.69. The zero-order valence-electron chi connectivity index (χ0n) is 3.93. The molecule has 0 unspecified atom stereocenters. The smallest absolute Gasteiger partial charge is 0.245 e. The van der Waals surface area contributed by atoms with E-state index in [-0.39, 0.29) is 0 Å². The van der Waals surface area contributed by atoms with Crippen molar-refractivity contribution in [1.29, 1.82) is 5.41 Å². The number of nitrogens with two attached hydrogens (primary N) is 1. The largest absolute Gasteiger partial charge is 0.368 e. The molecule has 0 saturated heterocycles. The van der Waals surface area contributed by atoms with Crippen molar-refractivity contribution >= 4 is 11.9 Å². The van der Waals surface area contributed by atoms with Crippen molar-refractivity contribution in [3.05, 3.63) is 0 Å². The van der Waals surface area contributed by atoms with Crippen LogP contribution >= 0.6 is 0 Å². The Balaban J connectivity index is 3.32. The van der Waals surface area contributed by atoms with Gasteiger partial charge in [-0.3, -0.25) is 10.2 Å². The third kappa shape index (κ3) is 4.94. The second-order valence-corrected chi connectivity index (χ2v) is 1.02. The van der Waals surface area contributed by atoms with Gasteiger partial charge in [0.05, 0.1) is 0 Å². The van der Waals surface area contributed by atoms with Crippen molar-refractivity contribution in [3.63, 3.8) is 0 Å². The van der Waals surface area contributed by atoms with E-state index in [1.165, 1.54) is 6.92 Å². The van der Waals surface area contributed by atoms with Crippen molar-refractivity contribution < 1.29 is 4.79 Å². The van der Waals surface area contributed by atoms with E-state index >= 15 is 0 Å². The number of guanidine groups is 1. The fourth-order valence-corrected chi connectivity index (χ4v) is 0.170. The molecule has 39 valence electrons. The lowest BCUT2D eigenvalue weighted by Gasteiger charge is -1.87. The molecule has 0 bridgehead atoms. The molecule has 1 amide bonds. The standard InChI is InChI=1S/C3H6N3O/c1-2(7)6-3(4)5/h1H3,(H3,4,5). The first-order chi connectivity index (χ1) is 3.13. The number of nitrogens with zero attached hydrogens (tertiary/aromatic N) is 1. The van der Waals surface area contributed by atoms with Crippen molar-refractivity contribution in [1.82, 2.24) is 5.32 Å². The number of hydrogen-bond donors (Lipinski definition) is 2. The molecule has 0 aromatic rings. The van der Waals surface area contributed by atoms with Crippen molar-refractivity contribution in [2.75, 3.05) is 0 Å². The fraction of sp³-hybridized carbons (Fsp3) is 0.333. The number of nitrogens with one attached hydrogen (secondary N) is 1. The zero-order chi connectivity index (χ0) is 5.86. The van der Waals surface area contributed by atoms with Crippen LogP contribution < -0.4 is 11.1 Å². The lowest BCUT2D eigenvalue weighted by Crippen LogP contribution is -2.26. The van der Waals surface area contributed by atoms with Gasteiger partial charge in [0.1, 0.15) is 0 Å². The predicted molar refractivity (Wildman–Crippen MR) is 24.7 cm³/mol. The Labute approximate surface area is 41.2 Å². The minimum absolute atomic E-state index is 0.437. The molecule has 1 radical (unpaired) electrons. The maximum Gasteiger partial charge on any atom is 0.245 e. The van der Waals surface area contributed by atoms with Crippen LogP contribution in [-0.4, -0.2) is 11.9 Å². The summed E-state index contributed by atoms with van der Waals surface area (Å²) >= 11 is 0. The first kappa shape index (κ1) is 5.94. The van der Waals surface area contributed by atoms with Crippen molar-refractivity contribution in [3.8, 4) is 0 Å². The molecule has 0 aromatic carbocycles. The highest BCUT2D eigenvalue weighted by Gasteiger charge is 1.91. The van der Waals surface area contributed by atoms with Crippen LogP contribution in [0, 0.1) is 5.41 Å². The molecule has 0 saturated carbocycles. The van der Waals surface area contributed by atoms with Gasteiger partial charge in [-0.1, -0.05) is 0 Å². The fourth-order valence-electron chi connectivity index (χ4n) is 0.170. The molecule has 4 nitrogen and oxygen atoms in total. The second-order valence-electron chi connectivity index (χ2n) is 1.02. The number of carbonyl (C=O) groups is 1. The highest BCUT2D eigenvalue weighted by molar-refractivity contribution is 5.92. The molecule has 0 aliphatic heterocycles. The Morgan fingerprint density at radius 1 is 1.86 bits per heavy atom. The molecule has 0 spiro atoms. The third-order valence-corrected chi connectivity index (χ3v) is 0.278. The summed E-state index contributed by atoms with van der Waals surface area (Å²) in [4.78, 5) is 9.87. The quantitative estimate of drug-likeness (QED) is 0.303. The topological polar surface area (TPSA) is 81.0 Å². The van der Waals surface area contributed by atoms with E-state index in [4.69, 9.17) is 5.41 Å². The molecule has 0 rings (SSSR count). The monoisotopic (exact) mass is 100 g/mol. The molecule has 3 N–H and O–H groups in total. The van der Waals surface area contributed by atoms with Gasteiger partial charge in [0.2, 0.25) is 11.9 Å². The van der Waals surface area contributed by atoms with Crippen LogP contribution in [0.5, 0.6) is 0 Å². The Hall–Kier alpha value is -1.06. The summed E-state index contributed by atoms with van der Waals surface area (Å²) < 4.78 is 0. The molecular formula is C3H6N3O. The normalized spacial score (nSPS) is 7.57. The van der Waals surface area contributed by atoms with Crippen LogP contribution in [0.2, 0.25) is 0 Å². The van der Waals surface area contributed by atoms with Gasteiger partial charge >= 0.3 is 0 Å². The Morgan fingerprint density at radius 2 is 2.29 bits per heavy atom.